The van der Waals surface area contributed by atoms with E-state index in [4.69, 9.17) is 5.11 Å². The normalized spacial score (nSPS) is 16.7. The van der Waals surface area contributed by atoms with Gasteiger partial charge in [0.15, 0.2) is 10.0 Å². The van der Waals surface area contributed by atoms with Crippen LogP contribution in [-0.4, -0.2) is 51.8 Å². The maximum Gasteiger partial charge on any atom is 0.355 e. The summed E-state index contributed by atoms with van der Waals surface area (Å²) in [5.41, 5.74) is 3.61. The molecular weight excluding hydrogens is 382 g/mol. The highest BCUT2D eigenvalue weighted by molar-refractivity contribution is 8.01. The lowest BCUT2D eigenvalue weighted by Crippen LogP contribution is -2.39. The lowest BCUT2D eigenvalue weighted by molar-refractivity contribution is -0.128. The molecular formula is C19H23N3O3S2. The third-order valence-corrected chi connectivity index (χ3v) is 6.63. The number of likely N-dealkylation sites (tertiary alicyclic amines) is 1. The molecule has 0 saturated carbocycles. The van der Waals surface area contributed by atoms with Gasteiger partial charge in [-0.3, -0.25) is 4.79 Å². The number of nitrogens with one attached hydrogen (secondary N) is 1. The van der Waals surface area contributed by atoms with E-state index in [0.717, 1.165) is 23.0 Å². The summed E-state index contributed by atoms with van der Waals surface area (Å²) in [7, 11) is 0. The molecule has 1 amide bonds. The summed E-state index contributed by atoms with van der Waals surface area (Å²) in [5.74, 6) is -0.114. The molecule has 3 rings (SSSR count). The molecule has 0 radical (unpaired) electrons. The van der Waals surface area contributed by atoms with Crippen molar-refractivity contribution in [3.05, 3.63) is 40.4 Å². The van der Waals surface area contributed by atoms with Gasteiger partial charge in [0.25, 0.3) is 0 Å². The molecule has 144 valence electrons. The van der Waals surface area contributed by atoms with E-state index in [2.05, 4.69) is 42.3 Å². The Morgan fingerprint density at radius 1 is 1.44 bits per heavy atom. The minimum absolute atomic E-state index is 0.0790. The monoisotopic (exact) mass is 405 g/mol. The number of aryl methyl sites for hydroxylation is 2. The van der Waals surface area contributed by atoms with E-state index in [1.165, 1.54) is 34.2 Å². The van der Waals surface area contributed by atoms with Crippen LogP contribution in [0.1, 0.15) is 34.5 Å². The second kappa shape index (κ2) is 8.75. The molecule has 1 aliphatic heterocycles. The number of aromatic nitrogens is 1. The van der Waals surface area contributed by atoms with Crippen molar-refractivity contribution in [1.29, 1.82) is 0 Å². The first-order valence-corrected chi connectivity index (χ1v) is 10.7. The zero-order chi connectivity index (χ0) is 19.4. The van der Waals surface area contributed by atoms with Crippen LogP contribution in [0, 0.1) is 13.8 Å². The standard InChI is InChI=1S/C19H23N3O3S2/c1-12-3-4-13(2)15(9-12)20-10-14-5-6-17(23)22(14)7-8-26-19-21-16(11-27-19)18(24)25/h3-4,9,11,14,20H,5-8,10H2,1-2H3,(H,24,25). The summed E-state index contributed by atoms with van der Waals surface area (Å²) >= 11 is 2.83. The summed E-state index contributed by atoms with van der Waals surface area (Å²) in [6.45, 7) is 5.53. The highest BCUT2D eigenvalue weighted by atomic mass is 32.2. The van der Waals surface area contributed by atoms with Crippen molar-refractivity contribution in [2.45, 2.75) is 37.1 Å². The number of carbonyl (C=O) groups is 2. The molecule has 1 fully saturated rings. The highest BCUT2D eigenvalue weighted by Crippen LogP contribution is 2.25. The lowest BCUT2D eigenvalue weighted by Gasteiger charge is -2.25. The van der Waals surface area contributed by atoms with Crippen LogP contribution >= 0.6 is 23.1 Å². The molecule has 0 spiro atoms. The summed E-state index contributed by atoms with van der Waals surface area (Å²) in [4.78, 5) is 29.2. The topological polar surface area (TPSA) is 82.5 Å². The van der Waals surface area contributed by atoms with Crippen LogP contribution in [0.2, 0.25) is 0 Å². The molecule has 27 heavy (non-hydrogen) atoms. The third kappa shape index (κ3) is 5.01. The minimum Gasteiger partial charge on any atom is -0.476 e. The van der Waals surface area contributed by atoms with E-state index in [1.807, 2.05) is 4.90 Å². The smallest absolute Gasteiger partial charge is 0.355 e. The number of anilines is 1. The fourth-order valence-electron chi connectivity index (χ4n) is 3.12. The Labute approximate surface area is 167 Å². The van der Waals surface area contributed by atoms with Gasteiger partial charge in [-0.1, -0.05) is 23.9 Å². The number of hydrogen-bond acceptors (Lipinski definition) is 6. The van der Waals surface area contributed by atoms with Gasteiger partial charge in [-0.25, -0.2) is 9.78 Å². The fourth-order valence-corrected chi connectivity index (χ4v) is 4.93. The fraction of sp³-hybridized carbons (Fsp3) is 0.421. The van der Waals surface area contributed by atoms with E-state index >= 15 is 0 Å². The number of hydrogen-bond donors (Lipinski definition) is 2. The maximum atomic E-state index is 12.3. The van der Waals surface area contributed by atoms with Crippen LogP contribution < -0.4 is 5.32 Å². The van der Waals surface area contributed by atoms with Gasteiger partial charge in [0.1, 0.15) is 0 Å². The van der Waals surface area contributed by atoms with Crippen LogP contribution in [0.15, 0.2) is 27.9 Å². The zero-order valence-corrected chi connectivity index (χ0v) is 17.0. The predicted octanol–water partition coefficient (Wildman–Crippen LogP) is 3.65. The van der Waals surface area contributed by atoms with Crippen molar-refractivity contribution in [3.8, 4) is 0 Å². The molecule has 1 saturated heterocycles. The van der Waals surface area contributed by atoms with Gasteiger partial charge in [-0.15, -0.1) is 11.3 Å². The van der Waals surface area contributed by atoms with E-state index < -0.39 is 5.97 Å². The highest BCUT2D eigenvalue weighted by Gasteiger charge is 2.30. The number of rotatable bonds is 8. The summed E-state index contributed by atoms with van der Waals surface area (Å²) in [5, 5.41) is 14.0. The van der Waals surface area contributed by atoms with Crippen LogP contribution in [0.4, 0.5) is 5.69 Å². The van der Waals surface area contributed by atoms with Crippen molar-refractivity contribution < 1.29 is 14.7 Å². The Hall–Kier alpha value is -2.06. The number of carbonyl (C=O) groups excluding carboxylic acids is 1. The van der Waals surface area contributed by atoms with Gasteiger partial charge in [0.2, 0.25) is 5.91 Å². The Bertz CT molecular complexity index is 837. The van der Waals surface area contributed by atoms with E-state index in [0.29, 0.717) is 18.7 Å². The number of carboxylic acids is 1. The summed E-state index contributed by atoms with van der Waals surface area (Å²) < 4.78 is 0.726. The molecule has 2 heterocycles. The van der Waals surface area contributed by atoms with Crippen molar-refractivity contribution in [3.63, 3.8) is 0 Å². The number of nitrogens with zero attached hydrogens (tertiary/aromatic N) is 2. The number of benzene rings is 1. The zero-order valence-electron chi connectivity index (χ0n) is 15.4. The first-order chi connectivity index (χ1) is 12.9. The van der Waals surface area contributed by atoms with Gasteiger partial charge in [-0.05, 0) is 37.5 Å². The second-order valence-corrected chi connectivity index (χ2v) is 8.83. The van der Waals surface area contributed by atoms with Gasteiger partial charge >= 0.3 is 5.97 Å². The average Bonchev–Trinajstić information content (AvgIpc) is 3.24. The van der Waals surface area contributed by atoms with Crippen molar-refractivity contribution in [2.24, 2.45) is 0 Å². The molecule has 1 aliphatic rings. The van der Waals surface area contributed by atoms with Crippen LogP contribution in [0.5, 0.6) is 0 Å². The molecule has 0 bridgehead atoms. The lowest BCUT2D eigenvalue weighted by atomic mass is 10.1. The van der Waals surface area contributed by atoms with Crippen molar-refractivity contribution >= 4 is 40.7 Å². The van der Waals surface area contributed by atoms with Crippen LogP contribution in [0.25, 0.3) is 0 Å². The Morgan fingerprint density at radius 2 is 2.26 bits per heavy atom. The van der Waals surface area contributed by atoms with Crippen LogP contribution in [0.3, 0.4) is 0 Å². The maximum absolute atomic E-state index is 12.3. The minimum atomic E-state index is -1.01. The van der Waals surface area contributed by atoms with Crippen molar-refractivity contribution in [1.82, 2.24) is 9.88 Å². The molecule has 0 aliphatic carbocycles. The van der Waals surface area contributed by atoms with Gasteiger partial charge < -0.3 is 15.3 Å². The number of amides is 1. The number of thiazole rings is 1. The van der Waals surface area contributed by atoms with Crippen LogP contribution in [-0.2, 0) is 4.79 Å². The van der Waals surface area contributed by atoms with Gasteiger partial charge in [-0.2, -0.15) is 0 Å². The molecule has 1 aromatic heterocycles. The first-order valence-electron chi connectivity index (χ1n) is 8.86. The average molecular weight is 406 g/mol. The predicted molar refractivity (Wildman–Crippen MR) is 109 cm³/mol. The first kappa shape index (κ1) is 19.7. The molecule has 1 unspecified atom stereocenters. The molecule has 6 nitrogen and oxygen atoms in total. The molecule has 1 aromatic carbocycles. The molecule has 1 atom stereocenters. The van der Waals surface area contributed by atoms with Gasteiger partial charge in [0.05, 0.1) is 0 Å². The Morgan fingerprint density at radius 3 is 3.00 bits per heavy atom. The Balaban J connectivity index is 1.52. The van der Waals surface area contributed by atoms with E-state index in [-0.39, 0.29) is 17.6 Å². The van der Waals surface area contributed by atoms with Gasteiger partial charge in [0, 0.05) is 42.4 Å². The number of carboxylic acid groups (broad SMARTS) is 1. The number of thioether (sulfide) groups is 1. The third-order valence-electron chi connectivity index (χ3n) is 4.63. The molecule has 2 aromatic rings. The number of aromatic carboxylic acids is 1. The van der Waals surface area contributed by atoms with Crippen molar-refractivity contribution in [2.75, 3.05) is 24.2 Å². The second-order valence-electron chi connectivity index (χ2n) is 6.63. The van der Waals surface area contributed by atoms with E-state index in [1.54, 1.807) is 5.38 Å². The largest absolute Gasteiger partial charge is 0.476 e. The molecule has 2 N–H and O–H groups in total. The molecule has 8 heteroatoms. The Kier molecular flexibility index (Phi) is 6.38. The summed E-state index contributed by atoms with van der Waals surface area (Å²) in [6, 6.07) is 6.52. The summed E-state index contributed by atoms with van der Waals surface area (Å²) in [6.07, 6.45) is 1.45. The quantitative estimate of drug-likeness (QED) is 0.653. The SMILES string of the molecule is Cc1ccc(C)c(NCC2CCC(=O)N2CCSc2nc(C(=O)O)cs2)c1. The van der Waals surface area contributed by atoms with E-state index in [9.17, 15) is 9.59 Å².